The lowest BCUT2D eigenvalue weighted by Gasteiger charge is -2.54. The summed E-state index contributed by atoms with van der Waals surface area (Å²) in [4.78, 5) is 0. The lowest BCUT2D eigenvalue weighted by molar-refractivity contribution is -0.103. The number of rotatable bonds is 0. The molecule has 0 spiro atoms. The zero-order chi connectivity index (χ0) is 14.0. The van der Waals surface area contributed by atoms with Crippen LogP contribution in [0, 0.1) is 29.1 Å². The first-order valence-corrected chi connectivity index (χ1v) is 8.94. The highest BCUT2D eigenvalue weighted by atomic mass is 16.3. The van der Waals surface area contributed by atoms with Gasteiger partial charge in [0.2, 0.25) is 0 Å². The largest absolute Gasteiger partial charge is 0.390 e. The smallest absolute Gasteiger partial charge is 0.0675 e. The standard InChI is InChI=1S/C19H30O/c1-18-11-9-15-14-6-4-3-5-13(14)7-8-16(15)17(18)10-12-19(18,2)20/h7,14-17,20H,3-6,8-12H2,1-2H3. The summed E-state index contributed by atoms with van der Waals surface area (Å²) < 4.78 is 0. The minimum Gasteiger partial charge on any atom is -0.390 e. The van der Waals surface area contributed by atoms with Crippen molar-refractivity contribution in [2.24, 2.45) is 29.1 Å². The van der Waals surface area contributed by atoms with Gasteiger partial charge in [-0.1, -0.05) is 25.0 Å². The molecule has 4 aliphatic rings. The van der Waals surface area contributed by atoms with Gasteiger partial charge >= 0.3 is 0 Å². The van der Waals surface area contributed by atoms with Crippen molar-refractivity contribution in [1.29, 1.82) is 0 Å². The molecular weight excluding hydrogens is 244 g/mol. The van der Waals surface area contributed by atoms with Crippen molar-refractivity contribution >= 4 is 0 Å². The van der Waals surface area contributed by atoms with E-state index in [0.29, 0.717) is 0 Å². The van der Waals surface area contributed by atoms with Gasteiger partial charge in [-0.25, -0.2) is 0 Å². The molecule has 0 aromatic carbocycles. The Bertz CT molecular complexity index is 435. The molecule has 6 atom stereocenters. The van der Waals surface area contributed by atoms with Crippen molar-refractivity contribution in [3.8, 4) is 0 Å². The Morgan fingerprint density at radius 2 is 1.90 bits per heavy atom. The van der Waals surface area contributed by atoms with Crippen molar-refractivity contribution in [3.05, 3.63) is 11.6 Å². The molecule has 1 heteroatoms. The zero-order valence-electron chi connectivity index (χ0n) is 13.2. The van der Waals surface area contributed by atoms with Crippen LogP contribution >= 0.6 is 0 Å². The van der Waals surface area contributed by atoms with Crippen LogP contribution in [0.25, 0.3) is 0 Å². The summed E-state index contributed by atoms with van der Waals surface area (Å²) in [5.41, 5.74) is 1.58. The molecule has 0 aromatic heterocycles. The van der Waals surface area contributed by atoms with Gasteiger partial charge in [-0.15, -0.1) is 0 Å². The number of hydrogen-bond donors (Lipinski definition) is 1. The van der Waals surface area contributed by atoms with Crippen LogP contribution in [0.2, 0.25) is 0 Å². The fourth-order valence-corrected chi connectivity index (χ4v) is 6.49. The second-order valence-corrected chi connectivity index (χ2v) is 8.57. The minimum atomic E-state index is -0.417. The SMILES string of the molecule is CC1(O)CCC2C3CC=C4CCCCC4C3CCC21C. The lowest BCUT2D eigenvalue weighted by Crippen LogP contribution is -2.51. The third-order valence-electron chi connectivity index (χ3n) is 7.93. The van der Waals surface area contributed by atoms with Crippen LogP contribution in [0.15, 0.2) is 11.6 Å². The third kappa shape index (κ3) is 1.65. The maximum absolute atomic E-state index is 10.9. The molecule has 3 saturated carbocycles. The lowest BCUT2D eigenvalue weighted by atomic mass is 9.51. The highest BCUT2D eigenvalue weighted by Crippen LogP contribution is 2.64. The van der Waals surface area contributed by atoms with Crippen LogP contribution < -0.4 is 0 Å². The maximum atomic E-state index is 10.9. The number of allylic oxidation sites excluding steroid dienone is 2. The molecule has 1 N–H and O–H groups in total. The fraction of sp³-hybridized carbons (Fsp3) is 0.895. The Labute approximate surface area is 123 Å². The normalized spacial score (nSPS) is 54.6. The van der Waals surface area contributed by atoms with Crippen molar-refractivity contribution in [2.45, 2.75) is 77.2 Å². The summed E-state index contributed by atoms with van der Waals surface area (Å²) in [6.07, 6.45) is 14.6. The van der Waals surface area contributed by atoms with E-state index < -0.39 is 5.60 Å². The van der Waals surface area contributed by atoms with Crippen LogP contribution in [-0.2, 0) is 0 Å². The van der Waals surface area contributed by atoms with Gasteiger partial charge in [0.05, 0.1) is 5.60 Å². The molecule has 112 valence electrons. The van der Waals surface area contributed by atoms with E-state index in [9.17, 15) is 5.11 Å². The highest BCUT2D eigenvalue weighted by molar-refractivity contribution is 5.20. The first-order valence-electron chi connectivity index (χ1n) is 8.94. The van der Waals surface area contributed by atoms with Gasteiger partial charge in [-0.2, -0.15) is 0 Å². The molecule has 0 heterocycles. The van der Waals surface area contributed by atoms with E-state index in [1.54, 1.807) is 0 Å². The van der Waals surface area contributed by atoms with Gasteiger partial charge in [0.25, 0.3) is 0 Å². The average Bonchev–Trinajstić information content (AvgIpc) is 2.69. The minimum absolute atomic E-state index is 0.189. The zero-order valence-corrected chi connectivity index (χ0v) is 13.2. The quantitative estimate of drug-likeness (QED) is 0.635. The van der Waals surface area contributed by atoms with Crippen LogP contribution in [-0.4, -0.2) is 10.7 Å². The second-order valence-electron chi connectivity index (χ2n) is 8.57. The Kier molecular flexibility index (Phi) is 2.91. The van der Waals surface area contributed by atoms with Crippen LogP contribution in [0.3, 0.4) is 0 Å². The maximum Gasteiger partial charge on any atom is 0.0675 e. The molecule has 4 rings (SSSR count). The Hall–Kier alpha value is -0.300. The Morgan fingerprint density at radius 1 is 1.05 bits per heavy atom. The fourth-order valence-electron chi connectivity index (χ4n) is 6.49. The summed E-state index contributed by atoms with van der Waals surface area (Å²) in [6, 6.07) is 0. The summed E-state index contributed by atoms with van der Waals surface area (Å²) in [6.45, 7) is 4.50. The molecule has 0 bridgehead atoms. The molecule has 6 unspecified atom stereocenters. The van der Waals surface area contributed by atoms with Crippen molar-refractivity contribution in [3.63, 3.8) is 0 Å². The Morgan fingerprint density at radius 3 is 2.75 bits per heavy atom. The Balaban J connectivity index is 1.66. The monoisotopic (exact) mass is 274 g/mol. The number of hydrogen-bond acceptors (Lipinski definition) is 1. The van der Waals surface area contributed by atoms with E-state index >= 15 is 0 Å². The topological polar surface area (TPSA) is 20.2 Å². The molecule has 0 aromatic rings. The molecular formula is C19H30O. The van der Waals surface area contributed by atoms with Crippen LogP contribution in [0.4, 0.5) is 0 Å². The van der Waals surface area contributed by atoms with E-state index in [4.69, 9.17) is 0 Å². The number of aliphatic hydroxyl groups is 1. The molecule has 0 aliphatic heterocycles. The second kappa shape index (κ2) is 4.35. The van der Waals surface area contributed by atoms with Crippen molar-refractivity contribution in [2.75, 3.05) is 0 Å². The van der Waals surface area contributed by atoms with E-state index in [1.807, 2.05) is 5.57 Å². The summed E-state index contributed by atoms with van der Waals surface area (Å²) in [5.74, 6) is 3.51. The third-order valence-corrected chi connectivity index (χ3v) is 7.93. The van der Waals surface area contributed by atoms with Gasteiger partial charge < -0.3 is 5.11 Å². The van der Waals surface area contributed by atoms with Gasteiger partial charge in [0, 0.05) is 0 Å². The highest BCUT2D eigenvalue weighted by Gasteiger charge is 2.59. The van der Waals surface area contributed by atoms with E-state index in [-0.39, 0.29) is 5.41 Å². The first-order chi connectivity index (χ1) is 9.53. The molecule has 20 heavy (non-hydrogen) atoms. The summed E-state index contributed by atoms with van der Waals surface area (Å²) >= 11 is 0. The van der Waals surface area contributed by atoms with Crippen LogP contribution in [0.1, 0.15) is 71.6 Å². The predicted octanol–water partition coefficient (Wildman–Crippen LogP) is 4.70. The molecule has 0 radical (unpaired) electrons. The van der Waals surface area contributed by atoms with E-state index in [2.05, 4.69) is 19.9 Å². The molecule has 0 saturated heterocycles. The molecule has 0 amide bonds. The molecule has 1 nitrogen and oxygen atoms in total. The average molecular weight is 274 g/mol. The molecule has 4 aliphatic carbocycles. The van der Waals surface area contributed by atoms with Crippen molar-refractivity contribution in [1.82, 2.24) is 0 Å². The van der Waals surface area contributed by atoms with Crippen LogP contribution in [0.5, 0.6) is 0 Å². The van der Waals surface area contributed by atoms with Gasteiger partial charge in [0.1, 0.15) is 0 Å². The van der Waals surface area contributed by atoms with Gasteiger partial charge in [-0.05, 0) is 87.4 Å². The predicted molar refractivity (Wildman–Crippen MR) is 82.3 cm³/mol. The summed E-state index contributed by atoms with van der Waals surface area (Å²) in [5, 5.41) is 10.9. The van der Waals surface area contributed by atoms with Crippen molar-refractivity contribution < 1.29 is 5.11 Å². The van der Waals surface area contributed by atoms with Gasteiger partial charge in [-0.3, -0.25) is 0 Å². The van der Waals surface area contributed by atoms with E-state index in [0.717, 1.165) is 30.1 Å². The first kappa shape index (κ1) is 13.4. The summed E-state index contributed by atoms with van der Waals surface area (Å²) in [7, 11) is 0. The molecule has 3 fully saturated rings. The van der Waals surface area contributed by atoms with E-state index in [1.165, 1.54) is 51.4 Å². The number of fused-ring (bicyclic) bond motifs is 5. The van der Waals surface area contributed by atoms with Gasteiger partial charge in [0.15, 0.2) is 0 Å².